The van der Waals surface area contributed by atoms with Crippen molar-refractivity contribution in [2.24, 2.45) is 0 Å². The highest BCUT2D eigenvalue weighted by atomic mass is 28.4. The van der Waals surface area contributed by atoms with Crippen molar-refractivity contribution in [1.82, 2.24) is 0 Å². The third-order valence-electron chi connectivity index (χ3n) is 2.81. The lowest BCUT2D eigenvalue weighted by Gasteiger charge is -2.28. The second-order valence-corrected chi connectivity index (χ2v) is 7.17. The lowest BCUT2D eigenvalue weighted by atomic mass is 10.3. The first-order valence-corrected chi connectivity index (χ1v) is 9.87. The minimum atomic E-state index is -2.58. The van der Waals surface area contributed by atoms with E-state index in [2.05, 4.69) is 6.92 Å². The van der Waals surface area contributed by atoms with Crippen LogP contribution in [0.25, 0.3) is 0 Å². The van der Waals surface area contributed by atoms with Gasteiger partial charge in [0.2, 0.25) is 0 Å². The minimum absolute atomic E-state index is 0.0866. The van der Waals surface area contributed by atoms with E-state index >= 15 is 0 Å². The third-order valence-corrected chi connectivity index (χ3v) is 5.81. The average molecular weight is 321 g/mol. The predicted molar refractivity (Wildman–Crippen MR) is 86.2 cm³/mol. The van der Waals surface area contributed by atoms with Crippen LogP contribution in [0.15, 0.2) is 12.3 Å². The summed E-state index contributed by atoms with van der Waals surface area (Å²) in [6.45, 7) is 12.8. The average Bonchev–Trinajstić information content (AvgIpc) is 2.47. The second-order valence-electron chi connectivity index (χ2n) is 4.44. The Hall–Kier alpha value is -0.403. The molecule has 0 saturated heterocycles. The fraction of sp³-hybridized carbons (Fsp3) is 0.867. The van der Waals surface area contributed by atoms with Crippen LogP contribution in [-0.2, 0) is 22.8 Å². The first-order chi connectivity index (χ1) is 10.2. The topological polar surface area (TPSA) is 46.2 Å². The number of hydrogen-bond donors (Lipinski definition) is 0. The molecule has 0 radical (unpaired) electrons. The van der Waals surface area contributed by atoms with Crippen LogP contribution in [0.1, 0.15) is 41.0 Å². The van der Waals surface area contributed by atoms with Gasteiger partial charge in [0, 0.05) is 25.9 Å². The standard InChI is InChI=1S/C15H32O5Si/c1-6-11-17-15(7-2)14-16-12-13-21(18-8-3,19-9-4)20-10-5/h6,11,15H,7-10,12-14H2,1-5H3. The highest BCUT2D eigenvalue weighted by Gasteiger charge is 2.40. The Morgan fingerprint density at radius 3 is 1.95 bits per heavy atom. The van der Waals surface area contributed by atoms with E-state index in [1.807, 2.05) is 33.8 Å². The fourth-order valence-corrected chi connectivity index (χ4v) is 4.25. The number of ether oxygens (including phenoxy) is 2. The van der Waals surface area contributed by atoms with Crippen LogP contribution in [-0.4, -0.2) is 47.9 Å². The molecule has 6 heteroatoms. The summed E-state index contributed by atoms with van der Waals surface area (Å²) in [5.74, 6) is 0. The van der Waals surface area contributed by atoms with Crippen molar-refractivity contribution in [2.45, 2.75) is 53.2 Å². The summed E-state index contributed by atoms with van der Waals surface area (Å²) in [7, 11) is -2.58. The van der Waals surface area contributed by atoms with Crippen molar-refractivity contribution in [1.29, 1.82) is 0 Å². The summed E-state index contributed by atoms with van der Waals surface area (Å²) in [4.78, 5) is 0. The van der Waals surface area contributed by atoms with E-state index < -0.39 is 8.80 Å². The molecule has 0 saturated carbocycles. The van der Waals surface area contributed by atoms with Gasteiger partial charge in [0.1, 0.15) is 6.10 Å². The summed E-state index contributed by atoms with van der Waals surface area (Å²) in [5.41, 5.74) is 0. The second kappa shape index (κ2) is 13.3. The molecule has 0 spiro atoms. The molecule has 0 bridgehead atoms. The van der Waals surface area contributed by atoms with Crippen molar-refractivity contribution in [2.75, 3.05) is 33.0 Å². The van der Waals surface area contributed by atoms with Crippen molar-refractivity contribution >= 4 is 8.80 Å². The van der Waals surface area contributed by atoms with E-state index in [9.17, 15) is 0 Å². The van der Waals surface area contributed by atoms with Crippen LogP contribution >= 0.6 is 0 Å². The Morgan fingerprint density at radius 1 is 0.952 bits per heavy atom. The van der Waals surface area contributed by atoms with Gasteiger partial charge >= 0.3 is 8.80 Å². The zero-order valence-electron chi connectivity index (χ0n) is 14.2. The van der Waals surface area contributed by atoms with Gasteiger partial charge in [0.15, 0.2) is 0 Å². The van der Waals surface area contributed by atoms with Gasteiger partial charge in [-0.25, -0.2) is 0 Å². The highest BCUT2D eigenvalue weighted by molar-refractivity contribution is 6.60. The van der Waals surface area contributed by atoms with E-state index in [0.717, 1.165) is 6.42 Å². The maximum atomic E-state index is 5.78. The molecule has 0 rings (SSSR count). The molecule has 0 fully saturated rings. The lowest BCUT2D eigenvalue weighted by Crippen LogP contribution is -2.47. The van der Waals surface area contributed by atoms with Gasteiger partial charge in [-0.2, -0.15) is 0 Å². The Balaban J connectivity index is 4.21. The monoisotopic (exact) mass is 320 g/mol. The van der Waals surface area contributed by atoms with Crippen LogP contribution in [0.3, 0.4) is 0 Å². The minimum Gasteiger partial charge on any atom is -0.496 e. The molecule has 5 nitrogen and oxygen atoms in total. The van der Waals surface area contributed by atoms with Crippen LogP contribution in [0, 0.1) is 0 Å². The van der Waals surface area contributed by atoms with Crippen LogP contribution in [0.4, 0.5) is 0 Å². The molecule has 0 aromatic carbocycles. The fourth-order valence-electron chi connectivity index (χ4n) is 1.86. The van der Waals surface area contributed by atoms with E-state index in [0.29, 0.717) is 39.1 Å². The van der Waals surface area contributed by atoms with E-state index in [4.69, 9.17) is 22.8 Å². The van der Waals surface area contributed by atoms with Gasteiger partial charge in [-0.1, -0.05) is 13.0 Å². The largest absolute Gasteiger partial charge is 0.503 e. The Labute approximate surface area is 130 Å². The molecular formula is C15H32O5Si. The molecule has 0 N–H and O–H groups in total. The predicted octanol–water partition coefficient (Wildman–Crippen LogP) is 3.38. The molecule has 1 atom stereocenters. The number of rotatable bonds is 14. The van der Waals surface area contributed by atoms with Gasteiger partial charge in [-0.05, 0) is 34.1 Å². The van der Waals surface area contributed by atoms with Crippen LogP contribution in [0.5, 0.6) is 0 Å². The summed E-state index contributed by atoms with van der Waals surface area (Å²) in [5, 5.41) is 0. The molecule has 21 heavy (non-hydrogen) atoms. The van der Waals surface area contributed by atoms with E-state index in [1.165, 1.54) is 0 Å². The number of hydrogen-bond acceptors (Lipinski definition) is 5. The van der Waals surface area contributed by atoms with Gasteiger partial charge < -0.3 is 22.8 Å². The molecule has 0 aliphatic rings. The number of allylic oxidation sites excluding steroid dienone is 1. The first kappa shape index (κ1) is 20.6. The van der Waals surface area contributed by atoms with Gasteiger partial charge in [0.05, 0.1) is 19.5 Å². The Bertz CT molecular complexity index is 243. The maximum Gasteiger partial charge on any atom is 0.503 e. The molecule has 0 amide bonds. The van der Waals surface area contributed by atoms with Crippen molar-refractivity contribution < 1.29 is 22.8 Å². The molecule has 0 heterocycles. The van der Waals surface area contributed by atoms with Gasteiger partial charge in [-0.15, -0.1) is 0 Å². The third kappa shape index (κ3) is 9.26. The highest BCUT2D eigenvalue weighted by Crippen LogP contribution is 2.16. The summed E-state index contributed by atoms with van der Waals surface area (Å²) in [6.07, 6.45) is 4.58. The molecular weight excluding hydrogens is 288 g/mol. The molecule has 126 valence electrons. The molecule has 0 aliphatic heterocycles. The van der Waals surface area contributed by atoms with Gasteiger partial charge in [0.25, 0.3) is 0 Å². The Morgan fingerprint density at radius 2 is 1.52 bits per heavy atom. The smallest absolute Gasteiger partial charge is 0.496 e. The van der Waals surface area contributed by atoms with Crippen LogP contribution in [0.2, 0.25) is 6.04 Å². The van der Waals surface area contributed by atoms with Gasteiger partial charge in [-0.3, -0.25) is 0 Å². The molecule has 0 aromatic heterocycles. The zero-order valence-corrected chi connectivity index (χ0v) is 15.2. The van der Waals surface area contributed by atoms with E-state index in [-0.39, 0.29) is 6.10 Å². The summed E-state index contributed by atoms with van der Waals surface area (Å²) in [6, 6.07) is 0.669. The first-order valence-electron chi connectivity index (χ1n) is 7.94. The maximum absolute atomic E-state index is 5.78. The summed E-state index contributed by atoms with van der Waals surface area (Å²) >= 11 is 0. The summed E-state index contributed by atoms with van der Waals surface area (Å²) < 4.78 is 28.6. The zero-order chi connectivity index (χ0) is 16.0. The van der Waals surface area contributed by atoms with Crippen molar-refractivity contribution in [3.8, 4) is 0 Å². The molecule has 0 aliphatic carbocycles. The van der Waals surface area contributed by atoms with Crippen molar-refractivity contribution in [3.05, 3.63) is 12.3 Å². The quantitative estimate of drug-likeness (QED) is 0.279. The SMILES string of the molecule is CC=COC(CC)COCC[Si](OCC)(OCC)OCC. The molecule has 0 aromatic rings. The van der Waals surface area contributed by atoms with Crippen molar-refractivity contribution in [3.63, 3.8) is 0 Å². The lowest BCUT2D eigenvalue weighted by molar-refractivity contribution is 0.0186. The van der Waals surface area contributed by atoms with Crippen LogP contribution < -0.4 is 0 Å². The Kier molecular flexibility index (Phi) is 13.0. The van der Waals surface area contributed by atoms with E-state index in [1.54, 1.807) is 6.26 Å². The normalized spacial score (nSPS) is 13.8. The molecule has 1 unspecified atom stereocenters.